The van der Waals surface area contributed by atoms with E-state index in [4.69, 9.17) is 16.3 Å². The first-order valence-corrected chi connectivity index (χ1v) is 7.57. The largest absolute Gasteiger partial charge is 0.497 e. The van der Waals surface area contributed by atoms with Gasteiger partial charge in [-0.2, -0.15) is 0 Å². The maximum atomic E-state index is 12.3. The highest BCUT2D eigenvalue weighted by Gasteiger charge is 2.13. The molecular formula is C16H15BrClNO2. The van der Waals surface area contributed by atoms with Gasteiger partial charge in [-0.15, -0.1) is 0 Å². The van der Waals surface area contributed by atoms with E-state index in [2.05, 4.69) is 21.2 Å². The van der Waals surface area contributed by atoms with Gasteiger partial charge < -0.3 is 10.1 Å². The molecule has 0 saturated heterocycles. The monoisotopic (exact) mass is 367 g/mol. The summed E-state index contributed by atoms with van der Waals surface area (Å²) in [5.74, 6) is 0.590. The Morgan fingerprint density at radius 3 is 2.71 bits per heavy atom. The summed E-state index contributed by atoms with van der Waals surface area (Å²) >= 11 is 9.29. The average Bonchev–Trinajstić information content (AvgIpc) is 2.46. The number of benzene rings is 2. The summed E-state index contributed by atoms with van der Waals surface area (Å²) in [6, 6.07) is 12.6. The van der Waals surface area contributed by atoms with Crippen molar-refractivity contribution in [3.63, 3.8) is 0 Å². The maximum Gasteiger partial charge on any atom is 0.251 e. The van der Waals surface area contributed by atoms with E-state index in [0.717, 1.165) is 15.8 Å². The highest BCUT2D eigenvalue weighted by atomic mass is 79.9. The van der Waals surface area contributed by atoms with Crippen molar-refractivity contribution >= 4 is 33.4 Å². The van der Waals surface area contributed by atoms with Crippen LogP contribution in [0.4, 0.5) is 0 Å². The summed E-state index contributed by atoms with van der Waals surface area (Å²) in [5.41, 5.74) is 1.49. The summed E-state index contributed by atoms with van der Waals surface area (Å²) < 4.78 is 5.96. The number of hydrogen-bond donors (Lipinski definition) is 1. The number of amides is 1. The van der Waals surface area contributed by atoms with Gasteiger partial charge in [-0.25, -0.2) is 0 Å². The molecule has 0 heterocycles. The Morgan fingerprint density at radius 1 is 1.29 bits per heavy atom. The zero-order valence-electron chi connectivity index (χ0n) is 11.7. The molecule has 0 aliphatic rings. The van der Waals surface area contributed by atoms with Crippen LogP contribution in [0.5, 0.6) is 5.75 Å². The lowest BCUT2D eigenvalue weighted by molar-refractivity contribution is 0.0939. The van der Waals surface area contributed by atoms with Crippen LogP contribution in [0.15, 0.2) is 46.9 Å². The molecule has 0 bridgehead atoms. The van der Waals surface area contributed by atoms with Crippen LogP contribution in [0, 0.1) is 0 Å². The number of carbonyl (C=O) groups is 1. The Morgan fingerprint density at radius 2 is 2.05 bits per heavy atom. The van der Waals surface area contributed by atoms with Crippen molar-refractivity contribution in [3.8, 4) is 5.75 Å². The van der Waals surface area contributed by atoms with Crippen molar-refractivity contribution in [3.05, 3.63) is 63.1 Å². The van der Waals surface area contributed by atoms with Crippen molar-refractivity contribution in [1.82, 2.24) is 5.32 Å². The van der Waals surface area contributed by atoms with Gasteiger partial charge in [0.2, 0.25) is 0 Å². The number of carbonyl (C=O) groups excluding carboxylic acids is 1. The fraction of sp³-hybridized carbons (Fsp3) is 0.188. The van der Waals surface area contributed by atoms with Gasteiger partial charge in [0, 0.05) is 15.1 Å². The second-order valence-corrected chi connectivity index (χ2v) is 5.98. The van der Waals surface area contributed by atoms with Crippen LogP contribution in [0.25, 0.3) is 0 Å². The van der Waals surface area contributed by atoms with Gasteiger partial charge in [0.25, 0.3) is 5.91 Å². The molecule has 0 saturated carbocycles. The summed E-state index contributed by atoms with van der Waals surface area (Å²) in [6.45, 7) is 1.92. The van der Waals surface area contributed by atoms with E-state index in [1.807, 2.05) is 31.2 Å². The number of nitrogens with one attached hydrogen (secondary N) is 1. The molecule has 0 aliphatic carbocycles. The molecule has 3 nitrogen and oxygen atoms in total. The van der Waals surface area contributed by atoms with Crippen LogP contribution < -0.4 is 10.1 Å². The summed E-state index contributed by atoms with van der Waals surface area (Å²) in [7, 11) is 1.62. The van der Waals surface area contributed by atoms with Gasteiger partial charge >= 0.3 is 0 Å². The fourth-order valence-corrected chi connectivity index (χ4v) is 2.82. The van der Waals surface area contributed by atoms with E-state index in [-0.39, 0.29) is 11.9 Å². The molecule has 1 amide bonds. The Kier molecular flexibility index (Phi) is 5.26. The predicted molar refractivity (Wildman–Crippen MR) is 88.0 cm³/mol. The van der Waals surface area contributed by atoms with Gasteiger partial charge in [0.1, 0.15) is 5.75 Å². The molecule has 0 spiro atoms. The topological polar surface area (TPSA) is 38.3 Å². The molecule has 21 heavy (non-hydrogen) atoms. The lowest BCUT2D eigenvalue weighted by Gasteiger charge is -2.15. The Hall–Kier alpha value is -1.52. The van der Waals surface area contributed by atoms with Crippen LogP contribution in [0.3, 0.4) is 0 Å². The normalized spacial score (nSPS) is 11.8. The van der Waals surface area contributed by atoms with E-state index < -0.39 is 0 Å². The molecule has 0 aliphatic heterocycles. The minimum atomic E-state index is -0.173. The van der Waals surface area contributed by atoms with Crippen LogP contribution in [-0.4, -0.2) is 13.0 Å². The molecule has 2 aromatic carbocycles. The first-order valence-electron chi connectivity index (χ1n) is 6.40. The van der Waals surface area contributed by atoms with Crippen molar-refractivity contribution in [2.24, 2.45) is 0 Å². The quantitative estimate of drug-likeness (QED) is 0.856. The minimum absolute atomic E-state index is 0.134. The predicted octanol–water partition coefficient (Wildman–Crippen LogP) is 4.60. The molecule has 2 rings (SSSR count). The Bertz CT molecular complexity index is 640. The first kappa shape index (κ1) is 15.9. The third-order valence-electron chi connectivity index (χ3n) is 3.07. The maximum absolute atomic E-state index is 12.3. The molecular weight excluding hydrogens is 354 g/mol. The van der Waals surface area contributed by atoms with Crippen molar-refractivity contribution in [2.75, 3.05) is 7.11 Å². The number of methoxy groups -OCH3 is 1. The highest BCUT2D eigenvalue weighted by Crippen LogP contribution is 2.22. The van der Waals surface area contributed by atoms with Crippen molar-refractivity contribution in [2.45, 2.75) is 13.0 Å². The molecule has 0 aromatic heterocycles. The van der Waals surface area contributed by atoms with Crippen LogP contribution in [0.1, 0.15) is 28.9 Å². The van der Waals surface area contributed by atoms with Gasteiger partial charge in [0.05, 0.1) is 13.2 Å². The zero-order chi connectivity index (χ0) is 15.4. The van der Waals surface area contributed by atoms with Crippen molar-refractivity contribution < 1.29 is 9.53 Å². The molecule has 2 aromatic rings. The summed E-state index contributed by atoms with van der Waals surface area (Å²) in [6.07, 6.45) is 0. The number of rotatable bonds is 4. The SMILES string of the molecule is COc1cccc(C(C)NC(=O)c2cc(Cl)cc(Br)c2)c1. The van der Waals surface area contributed by atoms with Crippen LogP contribution in [0.2, 0.25) is 5.02 Å². The molecule has 1 unspecified atom stereocenters. The van der Waals surface area contributed by atoms with E-state index in [0.29, 0.717) is 10.6 Å². The standard InChI is InChI=1S/C16H15BrClNO2/c1-10(11-4-3-5-15(8-11)21-2)19-16(20)12-6-13(17)9-14(18)7-12/h3-10H,1-2H3,(H,19,20). The summed E-state index contributed by atoms with van der Waals surface area (Å²) in [5, 5.41) is 3.46. The van der Waals surface area contributed by atoms with Gasteiger partial charge in [-0.05, 0) is 42.8 Å². The highest BCUT2D eigenvalue weighted by molar-refractivity contribution is 9.10. The van der Waals surface area contributed by atoms with Crippen LogP contribution >= 0.6 is 27.5 Å². The second kappa shape index (κ2) is 6.96. The number of halogens is 2. The van der Waals surface area contributed by atoms with Gasteiger partial charge in [-0.3, -0.25) is 4.79 Å². The van der Waals surface area contributed by atoms with Gasteiger partial charge in [-0.1, -0.05) is 39.7 Å². The smallest absolute Gasteiger partial charge is 0.251 e. The number of ether oxygens (including phenoxy) is 1. The van der Waals surface area contributed by atoms with Crippen molar-refractivity contribution in [1.29, 1.82) is 0 Å². The molecule has 1 atom stereocenters. The molecule has 0 radical (unpaired) electrons. The van der Waals surface area contributed by atoms with E-state index in [1.54, 1.807) is 25.3 Å². The van der Waals surface area contributed by atoms with Crippen LogP contribution in [-0.2, 0) is 0 Å². The average molecular weight is 369 g/mol. The molecule has 0 fully saturated rings. The van der Waals surface area contributed by atoms with Gasteiger partial charge in [0.15, 0.2) is 0 Å². The van der Waals surface area contributed by atoms with E-state index in [9.17, 15) is 4.79 Å². The Labute approximate surface area is 137 Å². The zero-order valence-corrected chi connectivity index (χ0v) is 14.0. The first-order chi connectivity index (χ1) is 9.99. The fourth-order valence-electron chi connectivity index (χ4n) is 1.96. The summed E-state index contributed by atoms with van der Waals surface area (Å²) in [4.78, 5) is 12.3. The Balaban J connectivity index is 2.14. The van der Waals surface area contributed by atoms with E-state index >= 15 is 0 Å². The molecule has 110 valence electrons. The molecule has 1 N–H and O–H groups in total. The minimum Gasteiger partial charge on any atom is -0.497 e. The third-order valence-corrected chi connectivity index (χ3v) is 3.74. The lowest BCUT2D eigenvalue weighted by Crippen LogP contribution is -2.26. The third kappa shape index (κ3) is 4.22. The van der Waals surface area contributed by atoms with E-state index in [1.165, 1.54) is 0 Å². The second-order valence-electron chi connectivity index (χ2n) is 4.63. The molecule has 5 heteroatoms. The lowest BCUT2D eigenvalue weighted by atomic mass is 10.1. The number of hydrogen-bond acceptors (Lipinski definition) is 2.